The topological polar surface area (TPSA) is 54.0 Å². The summed E-state index contributed by atoms with van der Waals surface area (Å²) >= 11 is 0. The molecule has 4 heterocycles. The molecule has 0 amide bonds. The molecule has 0 aromatic heterocycles. The van der Waals surface area contributed by atoms with Crippen molar-refractivity contribution in [3.8, 4) is 0 Å². The summed E-state index contributed by atoms with van der Waals surface area (Å²) in [4.78, 5) is 24.7. The van der Waals surface area contributed by atoms with Gasteiger partial charge in [0.05, 0.1) is 6.10 Å². The third-order valence-corrected chi connectivity index (χ3v) is 7.52. The molecule has 5 rings (SSSR count). The van der Waals surface area contributed by atoms with Gasteiger partial charge in [0.1, 0.15) is 5.78 Å². The Morgan fingerprint density at radius 1 is 1.08 bits per heavy atom. The summed E-state index contributed by atoms with van der Waals surface area (Å²) < 4.78 is 12.8. The fourth-order valence-corrected chi connectivity index (χ4v) is 5.70. The average Bonchev–Trinajstić information content (AvgIpc) is 2.77. The smallest absolute Gasteiger partial charge is 0.201 e. The quantitative estimate of drug-likeness (QED) is 0.684. The van der Waals surface area contributed by atoms with E-state index in [-0.39, 0.29) is 23.2 Å². The molecule has 5 nitrogen and oxygen atoms in total. The molecule has 1 saturated carbocycles. The molecule has 5 fully saturated rings. The molecule has 0 aromatic carbocycles. The molecule has 4 saturated heterocycles. The molecule has 0 N–H and O–H groups in total. The second-order valence-corrected chi connectivity index (χ2v) is 10.3. The third kappa shape index (κ3) is 2.69. The first kappa shape index (κ1) is 18.9. The maximum Gasteiger partial charge on any atom is 0.201 e. The van der Waals surface area contributed by atoms with Crippen molar-refractivity contribution >= 4 is 5.78 Å². The highest BCUT2D eigenvalue weighted by atomic mass is 17.3. The summed E-state index contributed by atoms with van der Waals surface area (Å²) in [6, 6.07) is 0. The average molecular weight is 366 g/mol. The predicted molar refractivity (Wildman–Crippen MR) is 95.9 cm³/mol. The summed E-state index contributed by atoms with van der Waals surface area (Å²) in [6.07, 6.45) is 3.98. The third-order valence-electron chi connectivity index (χ3n) is 7.52. The SMILES string of the molecule is C[C@H]1[C@@H](CC(=O)C(C)(C)C)O[C@@H]2O[C@]3(C)CC[C@H]4[C@H](C)CC[C@@H]1[C@@]24OO3. The van der Waals surface area contributed by atoms with Crippen LogP contribution in [0.1, 0.15) is 73.6 Å². The van der Waals surface area contributed by atoms with Crippen LogP contribution in [0.4, 0.5) is 0 Å². The van der Waals surface area contributed by atoms with Gasteiger partial charge in [-0.05, 0) is 43.9 Å². The van der Waals surface area contributed by atoms with Gasteiger partial charge in [0, 0.05) is 24.2 Å². The van der Waals surface area contributed by atoms with Gasteiger partial charge in [0.25, 0.3) is 0 Å². The summed E-state index contributed by atoms with van der Waals surface area (Å²) in [7, 11) is 0. The van der Waals surface area contributed by atoms with Crippen molar-refractivity contribution in [3.05, 3.63) is 0 Å². The minimum atomic E-state index is -0.753. The van der Waals surface area contributed by atoms with Gasteiger partial charge in [-0.2, -0.15) is 0 Å². The minimum absolute atomic E-state index is 0.122. The highest BCUT2D eigenvalue weighted by molar-refractivity contribution is 5.84. The lowest BCUT2D eigenvalue weighted by atomic mass is 9.57. The normalized spacial score (nSPS) is 50.8. The lowest BCUT2D eigenvalue weighted by Gasteiger charge is -2.60. The Labute approximate surface area is 157 Å². The highest BCUT2D eigenvalue weighted by Crippen LogP contribution is 2.60. The van der Waals surface area contributed by atoms with E-state index in [4.69, 9.17) is 19.2 Å². The van der Waals surface area contributed by atoms with E-state index >= 15 is 0 Å². The second-order valence-electron chi connectivity index (χ2n) is 10.3. The van der Waals surface area contributed by atoms with Crippen LogP contribution in [0, 0.1) is 29.1 Å². The Morgan fingerprint density at radius 3 is 2.50 bits per heavy atom. The first-order valence-corrected chi connectivity index (χ1v) is 10.3. The number of ketones is 1. The van der Waals surface area contributed by atoms with Gasteiger partial charge in [0.15, 0.2) is 11.9 Å². The molecule has 2 bridgehead atoms. The summed E-state index contributed by atoms with van der Waals surface area (Å²) in [5.74, 6) is 0.956. The molecule has 148 valence electrons. The maximum atomic E-state index is 12.7. The molecule has 0 unspecified atom stereocenters. The second kappa shape index (κ2) is 6.00. The number of ether oxygens (including phenoxy) is 2. The van der Waals surface area contributed by atoms with Gasteiger partial charge in [-0.15, -0.1) is 0 Å². The lowest BCUT2D eigenvalue weighted by Crippen LogP contribution is -2.70. The number of rotatable bonds is 2. The molecule has 8 atom stereocenters. The molecule has 1 spiro atoms. The number of hydrogen-bond acceptors (Lipinski definition) is 5. The Bertz CT molecular complexity index is 583. The largest absolute Gasteiger partial charge is 0.345 e. The van der Waals surface area contributed by atoms with Gasteiger partial charge in [-0.1, -0.05) is 34.6 Å². The molecule has 26 heavy (non-hydrogen) atoms. The molecule has 0 aromatic rings. The minimum Gasteiger partial charge on any atom is -0.345 e. The van der Waals surface area contributed by atoms with Crippen molar-refractivity contribution in [2.75, 3.05) is 0 Å². The highest BCUT2D eigenvalue weighted by Gasteiger charge is 2.69. The molecule has 1 aliphatic carbocycles. The first-order valence-electron chi connectivity index (χ1n) is 10.3. The molecular weight excluding hydrogens is 332 g/mol. The number of hydrogen-bond donors (Lipinski definition) is 0. The number of fused-ring (bicyclic) bond motifs is 2. The van der Waals surface area contributed by atoms with Gasteiger partial charge < -0.3 is 9.47 Å². The maximum absolute atomic E-state index is 12.7. The van der Waals surface area contributed by atoms with E-state index in [1.807, 2.05) is 27.7 Å². The standard InChI is InChI=1S/C21H34O5/c1-12-7-8-15-13(2)16(11-17(22)19(3,4)5)23-18-21(15)14(12)9-10-20(6,24-18)25-26-21/h12-16,18H,7-11H2,1-6H3/t12-,13-,14+,15+,16-,18-,20+,21-/m1/s1. The lowest BCUT2D eigenvalue weighted by molar-refractivity contribution is -0.570. The van der Waals surface area contributed by atoms with Crippen LogP contribution in [0.15, 0.2) is 0 Å². The Balaban J connectivity index is 1.67. The zero-order chi connectivity index (χ0) is 18.9. The van der Waals surface area contributed by atoms with E-state index in [9.17, 15) is 4.79 Å². The van der Waals surface area contributed by atoms with E-state index < -0.39 is 17.7 Å². The molecule has 5 aliphatic rings. The van der Waals surface area contributed by atoms with E-state index in [0.29, 0.717) is 24.2 Å². The monoisotopic (exact) mass is 366 g/mol. The van der Waals surface area contributed by atoms with Crippen LogP contribution in [-0.4, -0.2) is 29.6 Å². The predicted octanol–water partition coefficient (Wildman–Crippen LogP) is 4.24. The molecular formula is C21H34O5. The van der Waals surface area contributed by atoms with Crippen LogP contribution in [0.5, 0.6) is 0 Å². The van der Waals surface area contributed by atoms with E-state index in [1.165, 1.54) is 6.42 Å². The van der Waals surface area contributed by atoms with Crippen molar-refractivity contribution in [2.24, 2.45) is 29.1 Å². The summed E-state index contributed by atoms with van der Waals surface area (Å²) in [5.41, 5.74) is -0.884. The fourth-order valence-electron chi connectivity index (χ4n) is 5.70. The number of Topliss-reactive ketones (excluding diaryl/α,β-unsaturated/α-hetero) is 1. The van der Waals surface area contributed by atoms with Crippen LogP contribution in [0.3, 0.4) is 0 Å². The Hall–Kier alpha value is -0.490. The zero-order valence-corrected chi connectivity index (χ0v) is 17.0. The van der Waals surface area contributed by atoms with Crippen LogP contribution in [-0.2, 0) is 24.0 Å². The van der Waals surface area contributed by atoms with Gasteiger partial charge in [-0.25, -0.2) is 9.78 Å². The van der Waals surface area contributed by atoms with Crippen molar-refractivity contribution < 1.29 is 24.0 Å². The van der Waals surface area contributed by atoms with Crippen molar-refractivity contribution in [3.63, 3.8) is 0 Å². The van der Waals surface area contributed by atoms with Gasteiger partial charge in [-0.3, -0.25) is 4.79 Å². The summed E-state index contributed by atoms with van der Waals surface area (Å²) in [6.45, 7) is 12.4. The van der Waals surface area contributed by atoms with E-state index in [1.54, 1.807) is 0 Å². The van der Waals surface area contributed by atoms with Crippen LogP contribution in [0.25, 0.3) is 0 Å². The summed E-state index contributed by atoms with van der Waals surface area (Å²) in [5, 5.41) is 0. The van der Waals surface area contributed by atoms with Crippen molar-refractivity contribution in [2.45, 2.75) is 97.4 Å². The van der Waals surface area contributed by atoms with Crippen LogP contribution >= 0.6 is 0 Å². The van der Waals surface area contributed by atoms with Crippen molar-refractivity contribution in [1.29, 1.82) is 0 Å². The number of carbonyl (C=O) groups excluding carboxylic acids is 1. The first-order chi connectivity index (χ1) is 12.1. The number of carbonyl (C=O) groups is 1. The molecule has 0 radical (unpaired) electrons. The molecule has 5 heteroatoms. The molecule has 4 aliphatic heterocycles. The van der Waals surface area contributed by atoms with Crippen LogP contribution in [0.2, 0.25) is 0 Å². The Morgan fingerprint density at radius 2 is 1.81 bits per heavy atom. The van der Waals surface area contributed by atoms with E-state index in [0.717, 1.165) is 19.3 Å². The van der Waals surface area contributed by atoms with Crippen LogP contribution < -0.4 is 0 Å². The Kier molecular flexibility index (Phi) is 4.35. The van der Waals surface area contributed by atoms with E-state index in [2.05, 4.69) is 13.8 Å². The fraction of sp³-hybridized carbons (Fsp3) is 0.952. The zero-order valence-electron chi connectivity index (χ0n) is 17.0. The van der Waals surface area contributed by atoms with Gasteiger partial charge >= 0.3 is 0 Å². The van der Waals surface area contributed by atoms with Gasteiger partial charge in [0.2, 0.25) is 5.79 Å². The van der Waals surface area contributed by atoms with Crippen molar-refractivity contribution in [1.82, 2.24) is 0 Å².